The fourth-order valence-electron chi connectivity index (χ4n) is 4.98. The molecule has 166 valence electrons. The number of halogens is 3. The highest BCUT2D eigenvalue weighted by atomic mass is 19.2. The van der Waals surface area contributed by atoms with Crippen LogP contribution in [0.4, 0.5) is 13.2 Å². The van der Waals surface area contributed by atoms with E-state index in [1.165, 1.54) is 55.9 Å². The SMILES string of the molecule is C=Cc1ccc2cc(-c3ccc(C4CCC(CC/C=C/C)CC4)cc3)c(F)c(F)c2c1F. The lowest BCUT2D eigenvalue weighted by Gasteiger charge is -2.28. The van der Waals surface area contributed by atoms with Gasteiger partial charge in [0.25, 0.3) is 0 Å². The molecule has 0 bridgehead atoms. The van der Waals surface area contributed by atoms with Gasteiger partial charge in [0.15, 0.2) is 11.6 Å². The predicted octanol–water partition coefficient (Wildman–Crippen LogP) is 9.20. The van der Waals surface area contributed by atoms with Crippen LogP contribution in [0, 0.1) is 23.4 Å². The van der Waals surface area contributed by atoms with Gasteiger partial charge in [0.1, 0.15) is 5.82 Å². The maximum absolute atomic E-state index is 14.9. The maximum atomic E-state index is 14.9. The zero-order valence-electron chi connectivity index (χ0n) is 18.5. The molecule has 0 spiro atoms. The third-order valence-corrected chi connectivity index (χ3v) is 6.89. The van der Waals surface area contributed by atoms with Crippen LogP contribution < -0.4 is 0 Å². The van der Waals surface area contributed by atoms with E-state index in [0.29, 0.717) is 16.9 Å². The van der Waals surface area contributed by atoms with E-state index in [1.807, 2.05) is 24.3 Å². The summed E-state index contributed by atoms with van der Waals surface area (Å²) < 4.78 is 44.2. The van der Waals surface area contributed by atoms with Crippen molar-refractivity contribution in [2.75, 3.05) is 0 Å². The minimum atomic E-state index is -1.15. The molecule has 0 amide bonds. The van der Waals surface area contributed by atoms with Crippen molar-refractivity contribution in [3.05, 3.63) is 89.8 Å². The van der Waals surface area contributed by atoms with Gasteiger partial charge in [-0.3, -0.25) is 0 Å². The standard InChI is InChI=1S/C29H29F3/c1-3-5-6-7-19-8-10-21(11-9-19)22-13-15-23(16-14-22)25-18-24-17-12-20(4-2)27(30)26(24)29(32)28(25)31/h3-5,12-19,21H,2,6-11H2,1H3/b5-3+. The third-order valence-electron chi connectivity index (χ3n) is 6.89. The highest BCUT2D eigenvalue weighted by molar-refractivity contribution is 5.90. The number of benzene rings is 3. The van der Waals surface area contributed by atoms with Gasteiger partial charge in [-0.15, -0.1) is 0 Å². The van der Waals surface area contributed by atoms with E-state index in [-0.39, 0.29) is 16.5 Å². The van der Waals surface area contributed by atoms with Gasteiger partial charge in [0.05, 0.1) is 5.39 Å². The van der Waals surface area contributed by atoms with Crippen LogP contribution in [0.2, 0.25) is 0 Å². The van der Waals surface area contributed by atoms with E-state index in [1.54, 1.807) is 6.07 Å². The molecule has 3 heteroatoms. The summed E-state index contributed by atoms with van der Waals surface area (Å²) in [4.78, 5) is 0. The van der Waals surface area contributed by atoms with Gasteiger partial charge < -0.3 is 0 Å². The average molecular weight is 435 g/mol. The maximum Gasteiger partial charge on any atom is 0.170 e. The highest BCUT2D eigenvalue weighted by Crippen LogP contribution is 2.39. The summed E-state index contributed by atoms with van der Waals surface area (Å²) in [6, 6.07) is 12.4. The quantitative estimate of drug-likeness (QED) is 0.339. The second kappa shape index (κ2) is 9.77. The average Bonchev–Trinajstić information content (AvgIpc) is 2.82. The molecular formula is C29H29F3. The van der Waals surface area contributed by atoms with Crippen LogP contribution in [0.25, 0.3) is 28.0 Å². The fourth-order valence-corrected chi connectivity index (χ4v) is 4.98. The van der Waals surface area contributed by atoms with Crippen molar-refractivity contribution in [1.82, 2.24) is 0 Å². The molecule has 0 radical (unpaired) electrons. The van der Waals surface area contributed by atoms with Crippen molar-refractivity contribution in [2.24, 2.45) is 5.92 Å². The van der Waals surface area contributed by atoms with Gasteiger partial charge in [-0.25, -0.2) is 13.2 Å². The summed E-state index contributed by atoms with van der Waals surface area (Å²) in [6.45, 7) is 5.59. The molecule has 0 aliphatic heterocycles. The number of fused-ring (bicyclic) bond motifs is 1. The normalized spacial score (nSPS) is 19.0. The molecule has 0 aromatic heterocycles. The second-order valence-electron chi connectivity index (χ2n) is 8.81. The molecule has 1 aliphatic carbocycles. The minimum absolute atomic E-state index is 0.153. The Bertz CT molecular complexity index is 1130. The molecular weight excluding hydrogens is 405 g/mol. The van der Waals surface area contributed by atoms with Crippen molar-refractivity contribution < 1.29 is 13.2 Å². The van der Waals surface area contributed by atoms with Crippen LogP contribution in [0.1, 0.15) is 62.5 Å². The number of hydrogen-bond acceptors (Lipinski definition) is 0. The summed E-state index contributed by atoms with van der Waals surface area (Å²) >= 11 is 0. The van der Waals surface area contributed by atoms with Crippen molar-refractivity contribution >= 4 is 16.8 Å². The summed E-state index contributed by atoms with van der Waals surface area (Å²) in [5.41, 5.74) is 2.16. The zero-order valence-corrected chi connectivity index (χ0v) is 18.5. The molecule has 0 heterocycles. The van der Waals surface area contributed by atoms with Crippen LogP contribution in [0.15, 0.2) is 61.2 Å². The first-order valence-corrected chi connectivity index (χ1v) is 11.5. The Morgan fingerprint density at radius 1 is 0.906 bits per heavy atom. The largest absolute Gasteiger partial charge is 0.206 e. The molecule has 0 unspecified atom stereocenters. The predicted molar refractivity (Wildman–Crippen MR) is 128 cm³/mol. The van der Waals surface area contributed by atoms with E-state index < -0.39 is 17.5 Å². The molecule has 0 atom stereocenters. The van der Waals surface area contributed by atoms with E-state index in [9.17, 15) is 13.2 Å². The Balaban J connectivity index is 1.55. The van der Waals surface area contributed by atoms with Crippen LogP contribution in [-0.2, 0) is 0 Å². The van der Waals surface area contributed by atoms with Crippen molar-refractivity contribution in [3.63, 3.8) is 0 Å². The Morgan fingerprint density at radius 3 is 2.28 bits per heavy atom. The van der Waals surface area contributed by atoms with Gasteiger partial charge >= 0.3 is 0 Å². The van der Waals surface area contributed by atoms with Crippen LogP contribution in [0.3, 0.4) is 0 Å². The third kappa shape index (κ3) is 4.39. The van der Waals surface area contributed by atoms with Crippen LogP contribution in [-0.4, -0.2) is 0 Å². The molecule has 0 N–H and O–H groups in total. The van der Waals surface area contributed by atoms with Crippen LogP contribution in [0.5, 0.6) is 0 Å². The molecule has 1 aliphatic rings. The van der Waals surface area contributed by atoms with Gasteiger partial charge in [0, 0.05) is 11.1 Å². The molecule has 3 aromatic rings. The topological polar surface area (TPSA) is 0 Å². The van der Waals surface area contributed by atoms with Gasteiger partial charge in [-0.1, -0.05) is 61.2 Å². The lowest BCUT2D eigenvalue weighted by Crippen LogP contribution is -2.13. The van der Waals surface area contributed by atoms with Gasteiger partial charge in [-0.05, 0) is 79.9 Å². The fraction of sp³-hybridized carbons (Fsp3) is 0.310. The lowest BCUT2D eigenvalue weighted by molar-refractivity contribution is 0.312. The monoisotopic (exact) mass is 434 g/mol. The van der Waals surface area contributed by atoms with Gasteiger partial charge in [-0.2, -0.15) is 0 Å². The van der Waals surface area contributed by atoms with Crippen molar-refractivity contribution in [2.45, 2.75) is 51.4 Å². The summed E-state index contributed by atoms with van der Waals surface area (Å²) in [7, 11) is 0. The molecule has 32 heavy (non-hydrogen) atoms. The van der Waals surface area contributed by atoms with E-state index in [2.05, 4.69) is 25.7 Å². The number of allylic oxidation sites excluding steroid dienone is 2. The smallest absolute Gasteiger partial charge is 0.170 e. The molecule has 4 rings (SSSR count). The molecule has 3 aromatic carbocycles. The zero-order chi connectivity index (χ0) is 22.7. The first kappa shape index (κ1) is 22.4. The second-order valence-corrected chi connectivity index (χ2v) is 8.81. The Hall–Kier alpha value is -2.81. The Kier molecular flexibility index (Phi) is 6.83. The van der Waals surface area contributed by atoms with Gasteiger partial charge in [0.2, 0.25) is 0 Å². The molecule has 1 fully saturated rings. The van der Waals surface area contributed by atoms with Crippen LogP contribution >= 0.6 is 0 Å². The van der Waals surface area contributed by atoms with E-state index in [4.69, 9.17) is 0 Å². The first-order valence-electron chi connectivity index (χ1n) is 11.5. The molecule has 0 nitrogen and oxygen atoms in total. The van der Waals surface area contributed by atoms with E-state index in [0.717, 1.165) is 12.3 Å². The Morgan fingerprint density at radius 2 is 1.62 bits per heavy atom. The Labute approximate surface area is 188 Å². The molecule has 1 saturated carbocycles. The lowest BCUT2D eigenvalue weighted by atomic mass is 9.77. The van der Waals surface area contributed by atoms with Crippen molar-refractivity contribution in [1.29, 1.82) is 0 Å². The molecule has 0 saturated heterocycles. The number of rotatable bonds is 6. The summed E-state index contributed by atoms with van der Waals surface area (Å²) in [5.74, 6) is -1.63. The first-order chi connectivity index (χ1) is 15.5. The minimum Gasteiger partial charge on any atom is -0.206 e. The summed E-state index contributed by atoms with van der Waals surface area (Å²) in [6.07, 6.45) is 12.9. The highest BCUT2D eigenvalue weighted by Gasteiger charge is 2.23. The van der Waals surface area contributed by atoms with Crippen molar-refractivity contribution in [3.8, 4) is 11.1 Å². The van der Waals surface area contributed by atoms with E-state index >= 15 is 0 Å². The summed E-state index contributed by atoms with van der Waals surface area (Å²) in [5, 5.41) is 0.00812. The number of hydrogen-bond donors (Lipinski definition) is 0.